The molecule has 1 aromatic rings. The molecule has 2 rings (SSSR count). The molecule has 2 N–H and O–H groups in total. The van der Waals surface area contributed by atoms with E-state index in [9.17, 15) is 0 Å². The van der Waals surface area contributed by atoms with Crippen LogP contribution in [0.5, 0.6) is 0 Å². The molecule has 0 saturated heterocycles. The molecule has 0 aromatic heterocycles. The van der Waals surface area contributed by atoms with Crippen LogP contribution in [0.4, 0.5) is 5.69 Å². The number of nitrogens with one attached hydrogen (secondary N) is 2. The number of anilines is 1. The van der Waals surface area contributed by atoms with E-state index >= 15 is 0 Å². The minimum absolute atomic E-state index is 0.206. The summed E-state index contributed by atoms with van der Waals surface area (Å²) in [4.78, 5) is 0. The van der Waals surface area contributed by atoms with Crippen LogP contribution >= 0.6 is 0 Å². The molecule has 0 radical (unpaired) electrons. The van der Waals surface area contributed by atoms with Crippen LogP contribution < -0.4 is 10.6 Å². The van der Waals surface area contributed by atoms with Crippen LogP contribution in [0.25, 0.3) is 0 Å². The molecule has 1 heterocycles. The summed E-state index contributed by atoms with van der Waals surface area (Å²) in [6, 6.07) is 8.60. The van der Waals surface area contributed by atoms with Crippen molar-refractivity contribution in [2.75, 3.05) is 18.4 Å². The van der Waals surface area contributed by atoms with Crippen molar-refractivity contribution >= 4 is 5.69 Å². The molecule has 0 amide bonds. The van der Waals surface area contributed by atoms with Gasteiger partial charge in [-0.3, -0.25) is 0 Å². The maximum atomic E-state index is 3.56. The van der Waals surface area contributed by atoms with Crippen molar-refractivity contribution in [3.8, 4) is 0 Å². The fourth-order valence-corrected chi connectivity index (χ4v) is 1.97. The Morgan fingerprint density at radius 1 is 1.33 bits per heavy atom. The molecular formula is C13H20N2. The van der Waals surface area contributed by atoms with E-state index in [-0.39, 0.29) is 5.54 Å². The molecule has 0 spiro atoms. The number of benzene rings is 1. The zero-order chi connectivity index (χ0) is 10.9. The van der Waals surface area contributed by atoms with Gasteiger partial charge in [-0.15, -0.1) is 0 Å². The van der Waals surface area contributed by atoms with Crippen molar-refractivity contribution < 1.29 is 0 Å². The second kappa shape index (κ2) is 3.86. The van der Waals surface area contributed by atoms with Crippen molar-refractivity contribution in [3.63, 3.8) is 0 Å². The molecule has 1 atom stereocenters. The molecule has 0 bridgehead atoms. The van der Waals surface area contributed by atoms with Gasteiger partial charge < -0.3 is 10.6 Å². The highest BCUT2D eigenvalue weighted by Crippen LogP contribution is 2.30. The Bertz CT molecular complexity index is 339. The Hall–Kier alpha value is -1.02. The molecule has 0 aliphatic carbocycles. The topological polar surface area (TPSA) is 24.1 Å². The molecule has 82 valence electrons. The van der Waals surface area contributed by atoms with Gasteiger partial charge in [0.05, 0.1) is 0 Å². The van der Waals surface area contributed by atoms with E-state index in [0.29, 0.717) is 5.92 Å². The van der Waals surface area contributed by atoms with Gasteiger partial charge in [0.15, 0.2) is 0 Å². The summed E-state index contributed by atoms with van der Waals surface area (Å²) in [5.41, 5.74) is 2.96. The molecule has 15 heavy (non-hydrogen) atoms. The van der Waals surface area contributed by atoms with Gasteiger partial charge in [0.1, 0.15) is 0 Å². The zero-order valence-corrected chi connectivity index (χ0v) is 9.80. The molecule has 0 fully saturated rings. The lowest BCUT2D eigenvalue weighted by Crippen LogP contribution is -2.38. The molecule has 2 nitrogen and oxygen atoms in total. The Balaban J connectivity index is 2.02. The molecule has 1 aromatic carbocycles. The van der Waals surface area contributed by atoms with Crippen molar-refractivity contribution in [3.05, 3.63) is 29.8 Å². The lowest BCUT2D eigenvalue weighted by molar-refractivity contribution is 0.412. The van der Waals surface area contributed by atoms with Crippen LogP contribution in [0.2, 0.25) is 0 Å². The SMILES string of the molecule is CC(C)(C)NCC1CNc2ccccc21. The highest BCUT2D eigenvalue weighted by atomic mass is 15.0. The van der Waals surface area contributed by atoms with Crippen LogP contribution in [0.3, 0.4) is 0 Å². The fraction of sp³-hybridized carbons (Fsp3) is 0.538. The summed E-state index contributed by atoms with van der Waals surface area (Å²) in [7, 11) is 0. The van der Waals surface area contributed by atoms with Gasteiger partial charge in [-0.25, -0.2) is 0 Å². The monoisotopic (exact) mass is 204 g/mol. The maximum absolute atomic E-state index is 3.56. The van der Waals surface area contributed by atoms with Gasteiger partial charge in [0, 0.05) is 30.2 Å². The first-order chi connectivity index (χ1) is 7.06. The van der Waals surface area contributed by atoms with E-state index in [1.54, 1.807) is 0 Å². The quantitative estimate of drug-likeness (QED) is 0.773. The van der Waals surface area contributed by atoms with E-state index in [0.717, 1.165) is 13.1 Å². The summed E-state index contributed by atoms with van der Waals surface area (Å²) in [5, 5.41) is 7.01. The van der Waals surface area contributed by atoms with Crippen molar-refractivity contribution in [1.29, 1.82) is 0 Å². The van der Waals surface area contributed by atoms with Gasteiger partial charge in [-0.05, 0) is 32.4 Å². The van der Waals surface area contributed by atoms with Gasteiger partial charge in [-0.1, -0.05) is 18.2 Å². The van der Waals surface area contributed by atoms with Crippen LogP contribution in [0.1, 0.15) is 32.3 Å². The van der Waals surface area contributed by atoms with Crippen LogP contribution in [0, 0.1) is 0 Å². The van der Waals surface area contributed by atoms with E-state index in [1.807, 2.05) is 0 Å². The standard InChI is InChI=1S/C13H20N2/c1-13(2,3)15-9-10-8-14-12-7-5-4-6-11(10)12/h4-7,10,14-15H,8-9H2,1-3H3. The first-order valence-electron chi connectivity index (χ1n) is 5.64. The van der Waals surface area contributed by atoms with E-state index in [4.69, 9.17) is 0 Å². The first kappa shape index (κ1) is 10.5. The average molecular weight is 204 g/mol. The smallest absolute Gasteiger partial charge is 0.0376 e. The van der Waals surface area contributed by atoms with Crippen molar-refractivity contribution in [2.24, 2.45) is 0 Å². The second-order valence-corrected chi connectivity index (χ2v) is 5.30. The minimum Gasteiger partial charge on any atom is -0.384 e. The summed E-state index contributed by atoms with van der Waals surface area (Å²) < 4.78 is 0. The van der Waals surface area contributed by atoms with Crippen molar-refractivity contribution in [2.45, 2.75) is 32.2 Å². The van der Waals surface area contributed by atoms with Crippen LogP contribution in [-0.4, -0.2) is 18.6 Å². The highest BCUT2D eigenvalue weighted by Gasteiger charge is 2.22. The highest BCUT2D eigenvalue weighted by molar-refractivity contribution is 5.57. The number of hydrogen-bond acceptors (Lipinski definition) is 2. The first-order valence-corrected chi connectivity index (χ1v) is 5.64. The van der Waals surface area contributed by atoms with E-state index in [2.05, 4.69) is 55.7 Å². The molecule has 2 heteroatoms. The second-order valence-electron chi connectivity index (χ2n) is 5.30. The van der Waals surface area contributed by atoms with Gasteiger partial charge in [0.2, 0.25) is 0 Å². The molecule has 1 aliphatic rings. The Labute approximate surface area is 92.1 Å². The largest absolute Gasteiger partial charge is 0.384 e. The third-order valence-electron chi connectivity index (χ3n) is 2.82. The lowest BCUT2D eigenvalue weighted by Gasteiger charge is -2.23. The van der Waals surface area contributed by atoms with Crippen LogP contribution in [0.15, 0.2) is 24.3 Å². The Kier molecular flexibility index (Phi) is 2.70. The lowest BCUT2D eigenvalue weighted by atomic mass is 9.99. The summed E-state index contributed by atoms with van der Waals surface area (Å²) in [5.74, 6) is 0.612. The zero-order valence-electron chi connectivity index (χ0n) is 9.80. The number of para-hydroxylation sites is 1. The Morgan fingerprint density at radius 3 is 2.80 bits per heavy atom. The molecule has 1 unspecified atom stereocenters. The van der Waals surface area contributed by atoms with Crippen LogP contribution in [-0.2, 0) is 0 Å². The van der Waals surface area contributed by atoms with E-state index < -0.39 is 0 Å². The number of fused-ring (bicyclic) bond motifs is 1. The third kappa shape index (κ3) is 2.51. The Morgan fingerprint density at radius 2 is 2.07 bits per heavy atom. The average Bonchev–Trinajstić information content (AvgIpc) is 2.57. The summed E-state index contributed by atoms with van der Waals surface area (Å²) in [6.07, 6.45) is 0. The summed E-state index contributed by atoms with van der Waals surface area (Å²) in [6.45, 7) is 8.74. The predicted octanol–water partition coefficient (Wildman–Crippen LogP) is 2.58. The van der Waals surface area contributed by atoms with Gasteiger partial charge >= 0.3 is 0 Å². The van der Waals surface area contributed by atoms with Gasteiger partial charge in [-0.2, -0.15) is 0 Å². The predicted molar refractivity (Wildman–Crippen MR) is 65.4 cm³/mol. The molecule has 0 saturated carbocycles. The molecular weight excluding hydrogens is 184 g/mol. The number of rotatable bonds is 2. The third-order valence-corrected chi connectivity index (χ3v) is 2.82. The summed E-state index contributed by atoms with van der Waals surface area (Å²) >= 11 is 0. The maximum Gasteiger partial charge on any atom is 0.0376 e. The van der Waals surface area contributed by atoms with Crippen molar-refractivity contribution in [1.82, 2.24) is 5.32 Å². The minimum atomic E-state index is 0.206. The van der Waals surface area contributed by atoms with E-state index in [1.165, 1.54) is 11.3 Å². The molecule has 1 aliphatic heterocycles. The normalized spacial score (nSPS) is 19.8. The number of hydrogen-bond donors (Lipinski definition) is 2. The fourth-order valence-electron chi connectivity index (χ4n) is 1.97. The van der Waals surface area contributed by atoms with Gasteiger partial charge in [0.25, 0.3) is 0 Å².